The molecule has 0 N–H and O–H groups in total. The van der Waals surface area contributed by atoms with E-state index in [1.54, 1.807) is 22.7 Å². The molecular weight excluding hydrogens is 420 g/mol. The zero-order chi connectivity index (χ0) is 20.1. The second-order valence-electron chi connectivity index (χ2n) is 7.38. The van der Waals surface area contributed by atoms with Crippen molar-refractivity contribution in [2.24, 2.45) is 0 Å². The van der Waals surface area contributed by atoms with Gasteiger partial charge >= 0.3 is 0 Å². The number of aromatic nitrogens is 3. The van der Waals surface area contributed by atoms with Gasteiger partial charge in [0.05, 0.1) is 23.5 Å². The Morgan fingerprint density at radius 1 is 1.24 bits per heavy atom. The van der Waals surface area contributed by atoms with Gasteiger partial charge < -0.3 is 9.47 Å². The van der Waals surface area contributed by atoms with Crippen LogP contribution in [0.3, 0.4) is 0 Å². The van der Waals surface area contributed by atoms with Crippen LogP contribution >= 0.6 is 34.4 Å². The molecule has 5 nitrogen and oxygen atoms in total. The summed E-state index contributed by atoms with van der Waals surface area (Å²) in [5, 5.41) is 1.04. The number of thiazole rings is 1. The van der Waals surface area contributed by atoms with Crippen molar-refractivity contribution in [3.63, 3.8) is 0 Å². The number of amides is 1. The quantitative estimate of drug-likeness (QED) is 0.450. The van der Waals surface area contributed by atoms with Gasteiger partial charge in [-0.3, -0.25) is 9.20 Å². The average molecular weight is 443 g/mol. The summed E-state index contributed by atoms with van der Waals surface area (Å²) in [6.07, 6.45) is 7.13. The third kappa shape index (κ3) is 3.23. The third-order valence-electron chi connectivity index (χ3n) is 5.33. The molecular formula is C21H22N4OS3. The highest BCUT2D eigenvalue weighted by molar-refractivity contribution is 7.98. The predicted octanol–water partition coefficient (Wildman–Crippen LogP) is 4.93. The first-order valence-corrected chi connectivity index (χ1v) is 12.4. The number of carbonyl (C=O) groups is 1. The highest BCUT2D eigenvalue weighted by Crippen LogP contribution is 2.39. The molecule has 0 saturated carbocycles. The molecule has 4 aromatic rings. The van der Waals surface area contributed by atoms with Crippen molar-refractivity contribution < 1.29 is 4.79 Å². The number of carbonyl (C=O) groups excluding carboxylic acids is 1. The molecule has 150 valence electrons. The van der Waals surface area contributed by atoms with Gasteiger partial charge in [-0.1, -0.05) is 0 Å². The van der Waals surface area contributed by atoms with Gasteiger partial charge in [-0.25, -0.2) is 4.98 Å². The van der Waals surface area contributed by atoms with Crippen LogP contribution in [0.15, 0.2) is 30.7 Å². The Hall–Kier alpha value is -2.03. The Balaban J connectivity index is 1.53. The Labute approximate surface area is 182 Å². The third-order valence-corrected chi connectivity index (χ3v) is 8.64. The van der Waals surface area contributed by atoms with E-state index in [0.29, 0.717) is 6.54 Å². The molecule has 0 fully saturated rings. The van der Waals surface area contributed by atoms with Crippen LogP contribution in [-0.4, -0.2) is 37.6 Å². The summed E-state index contributed by atoms with van der Waals surface area (Å²) >= 11 is 5.40. The van der Waals surface area contributed by atoms with Crippen LogP contribution in [0.2, 0.25) is 0 Å². The predicted molar refractivity (Wildman–Crippen MR) is 122 cm³/mol. The van der Waals surface area contributed by atoms with Crippen LogP contribution in [0.5, 0.6) is 0 Å². The van der Waals surface area contributed by atoms with E-state index in [4.69, 9.17) is 0 Å². The summed E-state index contributed by atoms with van der Waals surface area (Å²) in [6, 6.07) is 4.02. The van der Waals surface area contributed by atoms with E-state index in [0.717, 1.165) is 44.8 Å². The topological polar surface area (TPSA) is 42.5 Å². The van der Waals surface area contributed by atoms with E-state index in [1.165, 1.54) is 15.3 Å². The van der Waals surface area contributed by atoms with Crippen LogP contribution in [0.4, 0.5) is 0 Å². The summed E-state index contributed by atoms with van der Waals surface area (Å²) < 4.78 is 4.21. The number of nitrogens with zero attached hydrogens (tertiary/aromatic N) is 4. The minimum Gasteiger partial charge on any atom is -0.336 e. The fraction of sp³-hybridized carbons (Fsp3) is 0.333. The summed E-state index contributed by atoms with van der Waals surface area (Å²) in [7, 11) is 1.90. The molecule has 0 aromatic carbocycles. The normalized spacial score (nSPS) is 13.8. The van der Waals surface area contributed by atoms with Crippen molar-refractivity contribution in [3.8, 4) is 5.00 Å². The molecule has 0 saturated heterocycles. The molecule has 1 aliphatic heterocycles. The van der Waals surface area contributed by atoms with E-state index in [9.17, 15) is 4.79 Å². The standard InChI is InChI=1S/C21H22N4OS3/c1-13-10-25-16(14(2)22-21(25)28-13)11-23(3)19(26)18-15-6-9-27-12-17(15)29-20(18)24-7-4-5-8-24/h4-5,7-8,10H,6,9,11-12H2,1-3H3. The van der Waals surface area contributed by atoms with E-state index in [2.05, 4.69) is 27.1 Å². The monoisotopic (exact) mass is 442 g/mol. The van der Waals surface area contributed by atoms with Crippen molar-refractivity contribution in [1.82, 2.24) is 18.9 Å². The number of thioether (sulfide) groups is 1. The van der Waals surface area contributed by atoms with Crippen LogP contribution in [-0.2, 0) is 18.7 Å². The van der Waals surface area contributed by atoms with Crippen LogP contribution in [0, 0.1) is 13.8 Å². The van der Waals surface area contributed by atoms with Crippen molar-refractivity contribution in [2.45, 2.75) is 32.6 Å². The summed E-state index contributed by atoms with van der Waals surface area (Å²) in [5.41, 5.74) is 4.20. The fourth-order valence-corrected chi connectivity index (χ4v) is 7.21. The lowest BCUT2D eigenvalue weighted by atomic mass is 10.1. The maximum absolute atomic E-state index is 13.7. The van der Waals surface area contributed by atoms with E-state index in [-0.39, 0.29) is 5.91 Å². The number of imidazole rings is 1. The number of hydrogen-bond donors (Lipinski definition) is 0. The van der Waals surface area contributed by atoms with E-state index < -0.39 is 0 Å². The first-order valence-electron chi connectivity index (χ1n) is 9.58. The lowest BCUT2D eigenvalue weighted by Gasteiger charge is -2.20. The molecule has 1 amide bonds. The van der Waals surface area contributed by atoms with Gasteiger partial charge in [0.1, 0.15) is 5.00 Å². The molecule has 8 heteroatoms. The first-order chi connectivity index (χ1) is 14.0. The molecule has 0 spiro atoms. The van der Waals surface area contributed by atoms with E-state index >= 15 is 0 Å². The molecule has 0 atom stereocenters. The SMILES string of the molecule is Cc1cn2c(CN(C)C(=O)c3c(-n4cccc4)sc4c3CCSC4)c(C)nc2s1. The lowest BCUT2D eigenvalue weighted by molar-refractivity contribution is 0.0782. The van der Waals surface area contributed by atoms with Gasteiger partial charge in [-0.05, 0) is 43.7 Å². The first kappa shape index (κ1) is 19.0. The summed E-state index contributed by atoms with van der Waals surface area (Å²) in [6.45, 7) is 4.66. The average Bonchev–Trinajstić information content (AvgIpc) is 3.46. The number of aryl methyl sites for hydroxylation is 2. The Kier molecular flexibility index (Phi) is 4.80. The molecule has 0 bridgehead atoms. The van der Waals surface area contributed by atoms with Gasteiger partial charge in [0.2, 0.25) is 0 Å². The number of rotatable bonds is 4. The second-order valence-corrected chi connectivity index (χ2v) is 10.8. The lowest BCUT2D eigenvalue weighted by Crippen LogP contribution is -2.28. The number of fused-ring (bicyclic) bond motifs is 2. The number of hydrogen-bond acceptors (Lipinski definition) is 5. The van der Waals surface area contributed by atoms with Crippen LogP contribution in [0.25, 0.3) is 9.96 Å². The van der Waals surface area contributed by atoms with E-state index in [1.807, 2.05) is 55.2 Å². The smallest absolute Gasteiger partial charge is 0.257 e. The number of thiophene rings is 1. The fourth-order valence-electron chi connectivity index (χ4n) is 3.88. The molecule has 0 radical (unpaired) electrons. The molecule has 0 unspecified atom stereocenters. The minimum absolute atomic E-state index is 0.0967. The van der Waals surface area contributed by atoms with Crippen LogP contribution < -0.4 is 0 Å². The van der Waals surface area contributed by atoms with Gasteiger partial charge in [0.15, 0.2) is 4.96 Å². The largest absolute Gasteiger partial charge is 0.336 e. The molecule has 4 aromatic heterocycles. The Bertz CT molecular complexity index is 1200. The zero-order valence-electron chi connectivity index (χ0n) is 16.6. The maximum Gasteiger partial charge on any atom is 0.257 e. The van der Waals surface area contributed by atoms with Gasteiger partial charge in [-0.2, -0.15) is 11.8 Å². The highest BCUT2D eigenvalue weighted by Gasteiger charge is 2.29. The van der Waals surface area contributed by atoms with Gasteiger partial charge in [-0.15, -0.1) is 22.7 Å². The maximum atomic E-state index is 13.7. The van der Waals surface area contributed by atoms with Crippen molar-refractivity contribution in [3.05, 3.63) is 63.0 Å². The van der Waals surface area contributed by atoms with Gasteiger partial charge in [0.25, 0.3) is 5.91 Å². The second kappa shape index (κ2) is 7.34. The molecule has 1 aliphatic rings. The molecule has 0 aliphatic carbocycles. The highest BCUT2D eigenvalue weighted by atomic mass is 32.2. The molecule has 5 rings (SSSR count). The van der Waals surface area contributed by atoms with Crippen molar-refractivity contribution >= 4 is 45.3 Å². The Morgan fingerprint density at radius 2 is 2.03 bits per heavy atom. The molecule has 5 heterocycles. The summed E-state index contributed by atoms with van der Waals surface area (Å²) in [5.74, 6) is 2.18. The Morgan fingerprint density at radius 3 is 2.83 bits per heavy atom. The molecule has 29 heavy (non-hydrogen) atoms. The summed E-state index contributed by atoms with van der Waals surface area (Å²) in [4.78, 5) is 23.7. The van der Waals surface area contributed by atoms with Crippen molar-refractivity contribution in [2.75, 3.05) is 12.8 Å². The zero-order valence-corrected chi connectivity index (χ0v) is 19.1. The van der Waals surface area contributed by atoms with Crippen molar-refractivity contribution in [1.29, 1.82) is 0 Å². The minimum atomic E-state index is 0.0967. The van der Waals surface area contributed by atoms with Gasteiger partial charge in [0, 0.05) is 41.1 Å². The van der Waals surface area contributed by atoms with Crippen LogP contribution in [0.1, 0.15) is 37.1 Å².